The second kappa shape index (κ2) is 14.3. The Morgan fingerprint density at radius 3 is 2.38 bits per heavy atom. The van der Waals surface area contributed by atoms with Crippen LogP contribution in [0.4, 0.5) is 5.82 Å². The number of hydrogen-bond donors (Lipinski definition) is 5. The van der Waals surface area contributed by atoms with Crippen LogP contribution in [0.1, 0.15) is 93.2 Å². The fourth-order valence-corrected chi connectivity index (χ4v) is 8.70. The summed E-state index contributed by atoms with van der Waals surface area (Å²) in [5.74, 6) is -3.82. The van der Waals surface area contributed by atoms with Crippen LogP contribution in [-0.2, 0) is 28.8 Å². The van der Waals surface area contributed by atoms with E-state index in [-0.39, 0.29) is 46.0 Å². The molecule has 6 aliphatic rings. The molecule has 0 radical (unpaired) electrons. The lowest BCUT2D eigenvalue weighted by atomic mass is 9.81. The average Bonchev–Trinajstić information content (AvgIpc) is 4.15. The van der Waals surface area contributed by atoms with E-state index in [2.05, 4.69) is 33.3 Å². The van der Waals surface area contributed by atoms with Crippen LogP contribution in [0.25, 0.3) is 17.7 Å². The number of Topliss-reactive ketones (excluding diaryl/α,β-unsaturated/α-hetero) is 2. The van der Waals surface area contributed by atoms with E-state index in [1.165, 1.54) is 6.92 Å². The molecule has 296 valence electrons. The van der Waals surface area contributed by atoms with Crippen molar-refractivity contribution in [3.8, 4) is 0 Å². The standard InChI is InChI=1S/C46H45N5O7/c1-7-25(20-55)41-36-16-37-46(6,58)31(24(5)56)11-9-27-13-30(27)33(48-37)14-32-29-12-26(29)8-10-28-42(43(28)57)35(47-32)15-34-38(21(2)17-52)39(22(3)18-53)44(49-34)51-45(50-36)40(41)23(4)19-54/h8-11,13-20,22-23,25-28,31,47-48,50,58H,2,7,12H2,1,3-6H3,(H,49,51)/b10-8-,11-9-,32-29+,33-14?,34-15?,37-16?,42-35+. The third-order valence-corrected chi connectivity index (χ3v) is 12.2. The summed E-state index contributed by atoms with van der Waals surface area (Å²) in [6.45, 7) is 12.2. The highest BCUT2D eigenvalue weighted by Gasteiger charge is 2.46. The summed E-state index contributed by atoms with van der Waals surface area (Å²) in [4.78, 5) is 89.0. The predicted octanol–water partition coefficient (Wildman–Crippen LogP) is 4.38. The van der Waals surface area contributed by atoms with Gasteiger partial charge in [0.15, 0.2) is 5.78 Å². The Labute approximate surface area is 334 Å². The smallest absolute Gasteiger partial charge is 0.173 e. The zero-order chi connectivity index (χ0) is 41.4. The van der Waals surface area contributed by atoms with Gasteiger partial charge in [0.05, 0.1) is 22.9 Å². The molecule has 58 heavy (non-hydrogen) atoms. The third kappa shape index (κ3) is 6.41. The van der Waals surface area contributed by atoms with Crippen molar-refractivity contribution < 1.29 is 33.9 Å². The van der Waals surface area contributed by atoms with Crippen LogP contribution in [-0.4, -0.2) is 57.4 Å². The molecule has 0 saturated heterocycles. The molecule has 3 aliphatic heterocycles. The quantitative estimate of drug-likeness (QED) is 0.132. The predicted molar refractivity (Wildman–Crippen MR) is 217 cm³/mol. The number of allylic oxidation sites excluding steroid dienone is 10. The van der Waals surface area contributed by atoms with Gasteiger partial charge in [0, 0.05) is 80.2 Å². The van der Waals surface area contributed by atoms with Gasteiger partial charge in [0.2, 0.25) is 0 Å². The number of ketones is 2. The lowest BCUT2D eigenvalue weighted by Gasteiger charge is -2.33. The molecule has 0 aromatic carbocycles. The molecule has 8 rings (SSSR count). The van der Waals surface area contributed by atoms with Gasteiger partial charge >= 0.3 is 0 Å². The highest BCUT2D eigenvalue weighted by atomic mass is 16.3. The number of rotatable bonds is 10. The van der Waals surface area contributed by atoms with Gasteiger partial charge in [-0.05, 0) is 61.6 Å². The molecule has 2 aromatic heterocycles. The van der Waals surface area contributed by atoms with E-state index in [0.717, 1.165) is 42.1 Å². The summed E-state index contributed by atoms with van der Waals surface area (Å²) in [5.41, 5.74) is 5.12. The van der Waals surface area contributed by atoms with Crippen molar-refractivity contribution in [1.29, 1.82) is 0 Å². The van der Waals surface area contributed by atoms with Crippen molar-refractivity contribution in [2.24, 2.45) is 28.7 Å². The Hall–Kier alpha value is -6.27. The van der Waals surface area contributed by atoms with Crippen LogP contribution in [0, 0.1) is 23.7 Å². The van der Waals surface area contributed by atoms with Gasteiger partial charge in [-0.1, -0.05) is 57.7 Å². The van der Waals surface area contributed by atoms with E-state index in [1.54, 1.807) is 39.0 Å². The fourth-order valence-electron chi connectivity index (χ4n) is 8.70. The van der Waals surface area contributed by atoms with E-state index in [0.29, 0.717) is 63.0 Å². The SMILES string of the molecule is C=C(C=O)c1c(C(C)C=O)c2[nH]c1=C/C1=C3\C(=O)C3/C=C\C3C/C3=C(/C=C3NC(=Cc4[nH]c(c(C(C)C=O)c4C(C=O)CC)N=2)C(C)(O)C(C(C)=O)/C=C\C2C=C32)N1. The van der Waals surface area contributed by atoms with Gasteiger partial charge in [-0.2, -0.15) is 0 Å². The molecule has 3 aliphatic carbocycles. The first-order valence-electron chi connectivity index (χ1n) is 19.6. The number of aromatic amines is 2. The number of nitrogens with zero attached hydrogens (tertiary/aromatic N) is 1. The lowest BCUT2D eigenvalue weighted by Crippen LogP contribution is -2.44. The molecule has 2 aromatic rings. The molecular weight excluding hydrogens is 735 g/mol. The van der Waals surface area contributed by atoms with Gasteiger partial charge in [-0.25, -0.2) is 4.99 Å². The van der Waals surface area contributed by atoms with Gasteiger partial charge in [0.1, 0.15) is 47.8 Å². The lowest BCUT2D eigenvalue weighted by molar-refractivity contribution is -0.124. The van der Waals surface area contributed by atoms with Crippen LogP contribution in [0.15, 0.2) is 87.5 Å². The first kappa shape index (κ1) is 38.6. The number of fused-ring (bicyclic) bond motifs is 12. The molecule has 8 atom stereocenters. The molecule has 0 spiro atoms. The maximum absolute atomic E-state index is 13.4. The second-order valence-corrected chi connectivity index (χ2v) is 16.2. The summed E-state index contributed by atoms with van der Waals surface area (Å²) in [6, 6.07) is 0. The van der Waals surface area contributed by atoms with Gasteiger partial charge in [-0.3, -0.25) is 14.4 Å². The highest BCUT2D eigenvalue weighted by molar-refractivity contribution is 6.19. The number of aromatic nitrogens is 2. The summed E-state index contributed by atoms with van der Waals surface area (Å²) in [6.07, 6.45) is 19.0. The van der Waals surface area contributed by atoms with Gasteiger partial charge in [0.25, 0.3) is 0 Å². The van der Waals surface area contributed by atoms with Crippen molar-refractivity contribution in [1.82, 2.24) is 20.6 Å². The minimum absolute atomic E-state index is 0.0546. The normalized spacial score (nSPS) is 30.2. The molecule has 5 heterocycles. The molecule has 5 N–H and O–H groups in total. The molecule has 2 saturated carbocycles. The van der Waals surface area contributed by atoms with Crippen molar-refractivity contribution in [2.45, 2.75) is 70.8 Å². The van der Waals surface area contributed by atoms with E-state index >= 15 is 0 Å². The van der Waals surface area contributed by atoms with Crippen LogP contribution in [0.3, 0.4) is 0 Å². The van der Waals surface area contributed by atoms with Crippen LogP contribution in [0.2, 0.25) is 0 Å². The largest absolute Gasteiger partial charge is 0.383 e. The molecule has 12 nitrogen and oxygen atoms in total. The number of carbonyl (C=O) groups is 6. The number of hydrogen-bond acceptors (Lipinski definition) is 10. The van der Waals surface area contributed by atoms with Crippen LogP contribution < -0.4 is 21.5 Å². The average molecular weight is 780 g/mol. The van der Waals surface area contributed by atoms with Gasteiger partial charge < -0.3 is 40.1 Å². The van der Waals surface area contributed by atoms with E-state index < -0.39 is 35.2 Å². The number of aliphatic hydroxyl groups is 1. The van der Waals surface area contributed by atoms with Crippen LogP contribution in [0.5, 0.6) is 0 Å². The van der Waals surface area contributed by atoms with Crippen LogP contribution >= 0.6 is 0 Å². The maximum Gasteiger partial charge on any atom is 0.173 e. The summed E-state index contributed by atoms with van der Waals surface area (Å²) in [7, 11) is 0. The fraction of sp³-hybridized carbons (Fsp3) is 0.326. The van der Waals surface area contributed by atoms with E-state index in [4.69, 9.17) is 4.99 Å². The zero-order valence-electron chi connectivity index (χ0n) is 32.9. The summed E-state index contributed by atoms with van der Waals surface area (Å²) < 4.78 is 0. The molecule has 8 bridgehead atoms. The highest BCUT2D eigenvalue weighted by Crippen LogP contribution is 2.48. The van der Waals surface area contributed by atoms with Crippen molar-refractivity contribution in [3.05, 3.63) is 121 Å². The first-order valence-corrected chi connectivity index (χ1v) is 19.6. The van der Waals surface area contributed by atoms with Gasteiger partial charge in [-0.15, -0.1) is 0 Å². The molecular formula is C46H45N5O7. The zero-order valence-corrected chi connectivity index (χ0v) is 32.9. The topological polar surface area (TPSA) is 191 Å². The maximum atomic E-state index is 13.4. The molecule has 0 amide bonds. The Kier molecular flexibility index (Phi) is 9.50. The molecule has 12 heteroatoms. The van der Waals surface area contributed by atoms with Crippen molar-refractivity contribution in [2.75, 3.05) is 0 Å². The number of carbonyl (C=O) groups excluding carboxylic acids is 6. The number of aldehydes is 4. The first-order chi connectivity index (χ1) is 27.7. The Morgan fingerprint density at radius 2 is 1.71 bits per heavy atom. The van der Waals surface area contributed by atoms with Crippen molar-refractivity contribution >= 4 is 60.3 Å². The Morgan fingerprint density at radius 1 is 0.966 bits per heavy atom. The number of H-pyrrole nitrogens is 2. The number of nitrogens with one attached hydrogen (secondary N) is 4. The van der Waals surface area contributed by atoms with Crippen molar-refractivity contribution in [3.63, 3.8) is 0 Å². The third-order valence-electron chi connectivity index (χ3n) is 12.2. The van der Waals surface area contributed by atoms with E-state index in [1.807, 2.05) is 31.2 Å². The minimum Gasteiger partial charge on any atom is -0.383 e. The second-order valence-electron chi connectivity index (χ2n) is 16.2. The minimum atomic E-state index is -1.81. The summed E-state index contributed by atoms with van der Waals surface area (Å²) >= 11 is 0. The van der Waals surface area contributed by atoms with E-state index in [9.17, 15) is 33.9 Å². The molecule has 2 fully saturated rings. The monoisotopic (exact) mass is 779 g/mol. The molecule has 8 unspecified atom stereocenters. The Balaban J connectivity index is 1.55. The Bertz CT molecular complexity index is 2620. The summed E-state index contributed by atoms with van der Waals surface area (Å²) in [5, 5.41) is 20.0.